The predicted octanol–water partition coefficient (Wildman–Crippen LogP) is 8.39. The van der Waals surface area contributed by atoms with Crippen LogP contribution in [0.15, 0.2) is 5.57 Å². The summed E-state index contributed by atoms with van der Waals surface area (Å²) in [6.07, 6.45) is 8.57. The summed E-state index contributed by atoms with van der Waals surface area (Å²) in [6, 6.07) is 3.67. The van der Waals surface area contributed by atoms with Crippen LogP contribution in [0, 0.1) is 29.7 Å². The summed E-state index contributed by atoms with van der Waals surface area (Å²) in [5, 5.41) is 0. The molecule has 3 fully saturated rings. The van der Waals surface area contributed by atoms with Crippen molar-refractivity contribution < 1.29 is 25.5 Å². The first-order valence-corrected chi connectivity index (χ1v) is 22.2. The Morgan fingerprint density at radius 3 is 2.35 bits per heavy atom. The van der Waals surface area contributed by atoms with Crippen LogP contribution >= 0.6 is 13.6 Å². The number of allylic oxidation sites excluding steroid dienone is 1. The molecule has 1 heterocycles. The molecule has 1 aliphatic heterocycles. The number of halogens is 1. The summed E-state index contributed by atoms with van der Waals surface area (Å²) in [6.45, 7) is 23.9. The molecule has 176 valence electrons. The number of hydrogen-bond acceptors (Lipinski definition) is 2. The van der Waals surface area contributed by atoms with Crippen LogP contribution in [0.2, 0.25) is 18.1 Å². The van der Waals surface area contributed by atoms with Crippen molar-refractivity contribution in [2.24, 2.45) is 23.2 Å². The Morgan fingerprint density at radius 1 is 1.16 bits per heavy atom. The normalized spacial score (nSPS) is 36.2. The molecule has 5 heteroatoms. The average molecular weight is 565 g/mol. The number of fused-ring (bicyclic) bond motifs is 1. The first-order valence-electron chi connectivity index (χ1n) is 12.7. The van der Waals surface area contributed by atoms with Gasteiger partial charge in [-0.2, -0.15) is 0 Å². The van der Waals surface area contributed by atoms with Gasteiger partial charge in [0.05, 0.1) is 17.8 Å². The molecule has 0 amide bonds. The summed E-state index contributed by atoms with van der Waals surface area (Å²) < 4.78 is 13.6. The molecule has 0 unspecified atom stereocenters. The zero-order valence-corrected chi connectivity index (χ0v) is 27.0. The van der Waals surface area contributed by atoms with Crippen LogP contribution in [0.4, 0.5) is 0 Å². The molecule has 0 radical (unpaired) electrons. The molecule has 0 spiro atoms. The van der Waals surface area contributed by atoms with E-state index in [4.69, 9.17) is 15.7 Å². The second kappa shape index (κ2) is 11.1. The minimum absolute atomic E-state index is 0.0106. The Kier molecular flexibility index (Phi) is 10.1. The maximum atomic E-state index is 6.91. The number of ether oxygens (including phenoxy) is 1. The Balaban J connectivity index is 0.00000166. The van der Waals surface area contributed by atoms with E-state index in [2.05, 4.69) is 62.1 Å². The molecule has 1 saturated heterocycles. The standard InChI is InChI=1S/C26H47O2Si.BrH.Zn/c1-9-29(10-2,11-3)28-24(5,6)17-21-18-26(8,27-19-21)23-15-14-22-20(4)13-12-16-25(22,23)7;;/h4,21-23H,9-19H2,1-3,5-8H3;1H;/q-1;;+2/p-1/t21-,22+,23+,25+,26+;;/m1../s1. The SMILES string of the molecule is [CH-]=C1CCC[C@@]2(C)[C@H]1CC[C@@H]2[C@]1(C)C[C@@H](CC(C)(C)O[Si](CC)(CC)CC)CO1.[Zn+][Br]. The van der Waals surface area contributed by atoms with E-state index in [1.54, 1.807) is 0 Å². The Bertz CT molecular complexity index is 600. The summed E-state index contributed by atoms with van der Waals surface area (Å²) >= 11 is 4.25. The summed E-state index contributed by atoms with van der Waals surface area (Å²) in [4.78, 5) is 0. The average Bonchev–Trinajstić information content (AvgIpc) is 3.28. The van der Waals surface area contributed by atoms with Crippen molar-refractivity contribution in [1.82, 2.24) is 0 Å². The van der Waals surface area contributed by atoms with Gasteiger partial charge in [0.15, 0.2) is 8.32 Å². The van der Waals surface area contributed by atoms with Crippen molar-refractivity contribution in [2.75, 3.05) is 6.61 Å². The molecule has 3 rings (SSSR count). The number of rotatable bonds is 8. The molecule has 0 aromatic rings. The first-order chi connectivity index (χ1) is 14.5. The van der Waals surface area contributed by atoms with Gasteiger partial charge in [-0.3, -0.25) is 5.57 Å². The van der Waals surface area contributed by atoms with Crippen molar-refractivity contribution in [2.45, 2.75) is 123 Å². The van der Waals surface area contributed by atoms with E-state index >= 15 is 0 Å². The molecule has 2 saturated carbocycles. The third kappa shape index (κ3) is 5.98. The van der Waals surface area contributed by atoms with Gasteiger partial charge >= 0.3 is 30.0 Å². The van der Waals surface area contributed by atoms with Gasteiger partial charge in [0.25, 0.3) is 0 Å². The predicted molar refractivity (Wildman–Crippen MR) is 134 cm³/mol. The fraction of sp³-hybridized carbons (Fsp3) is 0.923. The second-order valence-corrected chi connectivity index (χ2v) is 16.3. The van der Waals surface area contributed by atoms with Crippen molar-refractivity contribution >= 4 is 21.9 Å². The number of hydrogen-bond donors (Lipinski definition) is 0. The Hall–Kier alpha value is 0.980. The molecule has 2 nitrogen and oxygen atoms in total. The third-order valence-corrected chi connectivity index (χ3v) is 14.1. The van der Waals surface area contributed by atoms with Crippen molar-refractivity contribution in [3.63, 3.8) is 0 Å². The van der Waals surface area contributed by atoms with Crippen LogP contribution in [-0.2, 0) is 25.5 Å². The first kappa shape index (κ1) is 28.2. The van der Waals surface area contributed by atoms with Gasteiger partial charge in [-0.05, 0) is 94.2 Å². The third-order valence-electron chi connectivity index (χ3n) is 9.25. The van der Waals surface area contributed by atoms with E-state index < -0.39 is 8.32 Å². The van der Waals surface area contributed by atoms with Crippen LogP contribution in [0.25, 0.3) is 0 Å². The van der Waals surface area contributed by atoms with Gasteiger partial charge < -0.3 is 15.7 Å². The monoisotopic (exact) mass is 562 g/mol. The molecule has 0 N–H and O–H groups in total. The zero-order valence-electron chi connectivity index (χ0n) is 21.5. The van der Waals surface area contributed by atoms with E-state index in [1.165, 1.54) is 72.2 Å². The quantitative estimate of drug-likeness (QED) is 0.218. The van der Waals surface area contributed by atoms with E-state index in [0.717, 1.165) is 19.4 Å². The maximum absolute atomic E-state index is 6.91. The van der Waals surface area contributed by atoms with E-state index in [0.29, 0.717) is 23.2 Å². The van der Waals surface area contributed by atoms with E-state index in [1.807, 2.05) is 0 Å². The summed E-state index contributed by atoms with van der Waals surface area (Å²) in [5.74, 6) is 1.87. The topological polar surface area (TPSA) is 18.5 Å². The molecule has 0 aromatic heterocycles. The van der Waals surface area contributed by atoms with E-state index in [-0.39, 0.29) is 11.2 Å². The molecule has 2 aliphatic carbocycles. The van der Waals surface area contributed by atoms with Crippen LogP contribution in [-0.4, -0.2) is 26.1 Å². The molecular weight excluding hydrogens is 518 g/mol. The Morgan fingerprint density at radius 2 is 1.77 bits per heavy atom. The summed E-state index contributed by atoms with van der Waals surface area (Å²) in [7, 11) is -1.59. The second-order valence-electron chi connectivity index (χ2n) is 11.6. The molecular formula is C26H47BrO2SiZn. The Labute approximate surface area is 211 Å². The molecule has 31 heavy (non-hydrogen) atoms. The van der Waals surface area contributed by atoms with Crippen molar-refractivity contribution in [3.05, 3.63) is 12.2 Å². The van der Waals surface area contributed by atoms with Crippen molar-refractivity contribution in [1.29, 1.82) is 0 Å². The fourth-order valence-electron chi connectivity index (χ4n) is 7.71. The van der Waals surface area contributed by atoms with Gasteiger partial charge in [0.1, 0.15) is 0 Å². The molecule has 0 aromatic carbocycles. The van der Waals surface area contributed by atoms with Crippen LogP contribution in [0.5, 0.6) is 0 Å². The van der Waals surface area contributed by atoms with Crippen molar-refractivity contribution in [3.8, 4) is 0 Å². The van der Waals surface area contributed by atoms with Crippen LogP contribution < -0.4 is 0 Å². The van der Waals surface area contributed by atoms with Crippen LogP contribution in [0.1, 0.15) is 93.4 Å². The molecule has 3 aliphatic rings. The van der Waals surface area contributed by atoms with Gasteiger partial charge in [0.2, 0.25) is 0 Å². The minimum atomic E-state index is -1.59. The van der Waals surface area contributed by atoms with Gasteiger partial charge in [-0.15, -0.1) is 0 Å². The zero-order chi connectivity index (χ0) is 23.5. The molecule has 5 atom stereocenters. The van der Waals surface area contributed by atoms with Gasteiger partial charge in [-0.25, -0.2) is 0 Å². The van der Waals surface area contributed by atoms with Gasteiger partial charge in [0, 0.05) is 0 Å². The molecule has 0 bridgehead atoms. The summed E-state index contributed by atoms with van der Waals surface area (Å²) in [5.41, 5.74) is 1.58. The van der Waals surface area contributed by atoms with Crippen LogP contribution in [0.3, 0.4) is 0 Å². The van der Waals surface area contributed by atoms with E-state index in [9.17, 15) is 0 Å². The fourth-order valence-corrected chi connectivity index (χ4v) is 10.9. The van der Waals surface area contributed by atoms with Gasteiger partial charge in [-0.1, -0.05) is 40.5 Å².